The summed E-state index contributed by atoms with van der Waals surface area (Å²) in [5.41, 5.74) is 1.36. The molecule has 0 saturated carbocycles. The third-order valence-electron chi connectivity index (χ3n) is 3.22. The Hall–Kier alpha value is -1.42. The average Bonchev–Trinajstić information content (AvgIpc) is 2.40. The predicted octanol–water partition coefficient (Wildman–Crippen LogP) is 2.35. The molecule has 0 aromatic heterocycles. The van der Waals surface area contributed by atoms with E-state index in [1.54, 1.807) is 0 Å². The van der Waals surface area contributed by atoms with Gasteiger partial charge in [-0.05, 0) is 5.56 Å². The van der Waals surface area contributed by atoms with Crippen LogP contribution >= 0.6 is 0 Å². The van der Waals surface area contributed by atoms with E-state index in [2.05, 4.69) is 58.2 Å². The number of hydrogen-bond acceptors (Lipinski definition) is 3. The lowest BCUT2D eigenvalue weighted by Gasteiger charge is -2.41. The minimum absolute atomic E-state index is 0.929. The second kappa shape index (κ2) is 7.24. The largest absolute Gasteiger partial charge is 0.274 e. The van der Waals surface area contributed by atoms with Crippen LogP contribution in [0.5, 0.6) is 0 Å². The molecular weight excluding hydrogens is 234 g/mol. The molecule has 0 unspecified atom stereocenters. The standard InChI is InChI=1S/C16H23N3/c1-3-10-17-13-18(11-4-2)15-19(14-17)12-16-8-6-5-7-9-16/h3-9H,1-2,10-15H2. The Kier molecular flexibility index (Phi) is 5.33. The fraction of sp³-hybridized carbons (Fsp3) is 0.375. The molecule has 0 radical (unpaired) electrons. The van der Waals surface area contributed by atoms with E-state index in [0.29, 0.717) is 0 Å². The van der Waals surface area contributed by atoms with Crippen LogP contribution in [0.25, 0.3) is 0 Å². The van der Waals surface area contributed by atoms with Crippen LogP contribution in [0.4, 0.5) is 0 Å². The molecule has 1 aliphatic rings. The minimum atomic E-state index is 0.929. The van der Waals surface area contributed by atoms with Crippen molar-refractivity contribution in [2.45, 2.75) is 6.54 Å². The highest BCUT2D eigenvalue weighted by atomic mass is 15.5. The van der Waals surface area contributed by atoms with Crippen molar-refractivity contribution in [1.82, 2.24) is 14.7 Å². The van der Waals surface area contributed by atoms with Gasteiger partial charge in [0.15, 0.2) is 0 Å². The Bertz CT molecular complexity index is 384. The molecule has 102 valence electrons. The maximum Gasteiger partial charge on any atom is 0.0536 e. The fourth-order valence-corrected chi connectivity index (χ4v) is 2.52. The molecular formula is C16H23N3. The SMILES string of the molecule is C=CCN1CN(CC=C)CN(Cc2ccccc2)C1. The van der Waals surface area contributed by atoms with Crippen LogP contribution in [0.15, 0.2) is 55.6 Å². The minimum Gasteiger partial charge on any atom is -0.274 e. The Morgan fingerprint density at radius 1 is 0.842 bits per heavy atom. The summed E-state index contributed by atoms with van der Waals surface area (Å²) in [6.45, 7) is 13.5. The molecule has 2 rings (SSSR count). The van der Waals surface area contributed by atoms with E-state index in [4.69, 9.17) is 0 Å². The monoisotopic (exact) mass is 257 g/mol. The summed E-state index contributed by atoms with van der Waals surface area (Å²) in [5.74, 6) is 0. The van der Waals surface area contributed by atoms with Gasteiger partial charge in [0.1, 0.15) is 0 Å². The molecule has 0 amide bonds. The first kappa shape index (κ1) is 14.0. The van der Waals surface area contributed by atoms with Crippen molar-refractivity contribution in [2.75, 3.05) is 33.1 Å². The molecule has 1 fully saturated rings. The van der Waals surface area contributed by atoms with Gasteiger partial charge in [-0.15, -0.1) is 13.2 Å². The van der Waals surface area contributed by atoms with Gasteiger partial charge in [-0.3, -0.25) is 14.7 Å². The molecule has 0 spiro atoms. The van der Waals surface area contributed by atoms with Crippen LogP contribution in [0.1, 0.15) is 5.56 Å². The summed E-state index contributed by atoms with van der Waals surface area (Å²) < 4.78 is 0. The van der Waals surface area contributed by atoms with Crippen molar-refractivity contribution in [1.29, 1.82) is 0 Å². The topological polar surface area (TPSA) is 9.72 Å². The van der Waals surface area contributed by atoms with Gasteiger partial charge in [0.25, 0.3) is 0 Å². The molecule has 1 saturated heterocycles. The van der Waals surface area contributed by atoms with Gasteiger partial charge in [0, 0.05) is 19.6 Å². The quantitative estimate of drug-likeness (QED) is 0.724. The number of nitrogens with zero attached hydrogens (tertiary/aromatic N) is 3. The normalized spacial score (nSPS) is 18.3. The first-order valence-electron chi connectivity index (χ1n) is 6.74. The van der Waals surface area contributed by atoms with Gasteiger partial charge < -0.3 is 0 Å². The number of rotatable bonds is 6. The van der Waals surface area contributed by atoms with Crippen LogP contribution < -0.4 is 0 Å². The molecule has 1 aromatic carbocycles. The summed E-state index contributed by atoms with van der Waals surface area (Å²) in [4.78, 5) is 7.23. The summed E-state index contributed by atoms with van der Waals surface area (Å²) >= 11 is 0. The van der Waals surface area contributed by atoms with Gasteiger partial charge in [-0.1, -0.05) is 42.5 Å². The summed E-state index contributed by atoms with van der Waals surface area (Å²) in [6.07, 6.45) is 3.94. The van der Waals surface area contributed by atoms with E-state index < -0.39 is 0 Å². The molecule has 1 heterocycles. The second-order valence-corrected chi connectivity index (χ2v) is 5.02. The lowest BCUT2D eigenvalue weighted by molar-refractivity contribution is -0.0220. The Morgan fingerprint density at radius 3 is 1.89 bits per heavy atom. The van der Waals surface area contributed by atoms with E-state index >= 15 is 0 Å². The Labute approximate surface area is 116 Å². The third-order valence-corrected chi connectivity index (χ3v) is 3.22. The van der Waals surface area contributed by atoms with Gasteiger partial charge in [0.2, 0.25) is 0 Å². The van der Waals surface area contributed by atoms with Gasteiger partial charge >= 0.3 is 0 Å². The van der Waals surface area contributed by atoms with Crippen molar-refractivity contribution in [3.63, 3.8) is 0 Å². The Morgan fingerprint density at radius 2 is 1.37 bits per heavy atom. The van der Waals surface area contributed by atoms with E-state index in [9.17, 15) is 0 Å². The van der Waals surface area contributed by atoms with Gasteiger partial charge in [-0.25, -0.2) is 0 Å². The van der Waals surface area contributed by atoms with Gasteiger partial charge in [-0.2, -0.15) is 0 Å². The molecule has 0 bridgehead atoms. The third kappa shape index (κ3) is 4.31. The zero-order valence-electron chi connectivity index (χ0n) is 11.5. The van der Waals surface area contributed by atoms with Crippen LogP contribution in [0.3, 0.4) is 0 Å². The number of hydrogen-bond donors (Lipinski definition) is 0. The van der Waals surface area contributed by atoms with E-state index in [0.717, 1.165) is 39.6 Å². The summed E-state index contributed by atoms with van der Waals surface area (Å²) in [6, 6.07) is 10.6. The molecule has 1 aromatic rings. The first-order chi connectivity index (χ1) is 9.31. The highest BCUT2D eigenvalue weighted by Gasteiger charge is 2.21. The molecule has 0 atom stereocenters. The van der Waals surface area contributed by atoms with Crippen molar-refractivity contribution >= 4 is 0 Å². The van der Waals surface area contributed by atoms with Crippen LogP contribution in [0, 0.1) is 0 Å². The van der Waals surface area contributed by atoms with Crippen LogP contribution in [0.2, 0.25) is 0 Å². The lowest BCUT2D eigenvalue weighted by Crippen LogP contribution is -2.54. The first-order valence-corrected chi connectivity index (χ1v) is 6.74. The van der Waals surface area contributed by atoms with Crippen molar-refractivity contribution in [3.05, 3.63) is 61.2 Å². The highest BCUT2D eigenvalue weighted by molar-refractivity contribution is 5.14. The Balaban J connectivity index is 1.97. The van der Waals surface area contributed by atoms with E-state index in [1.165, 1.54) is 5.56 Å². The summed E-state index contributed by atoms with van der Waals surface area (Å²) in [7, 11) is 0. The molecule has 1 aliphatic heterocycles. The van der Waals surface area contributed by atoms with E-state index in [1.807, 2.05) is 12.2 Å². The molecule has 19 heavy (non-hydrogen) atoms. The van der Waals surface area contributed by atoms with Crippen molar-refractivity contribution < 1.29 is 0 Å². The van der Waals surface area contributed by atoms with Gasteiger partial charge in [0.05, 0.1) is 20.0 Å². The second-order valence-electron chi connectivity index (χ2n) is 5.02. The smallest absolute Gasteiger partial charge is 0.0536 e. The maximum atomic E-state index is 3.84. The zero-order chi connectivity index (χ0) is 13.5. The zero-order valence-corrected chi connectivity index (χ0v) is 11.5. The van der Waals surface area contributed by atoms with Crippen molar-refractivity contribution in [2.24, 2.45) is 0 Å². The molecule has 0 N–H and O–H groups in total. The molecule has 3 heteroatoms. The molecule has 3 nitrogen and oxygen atoms in total. The predicted molar refractivity (Wildman–Crippen MR) is 80.4 cm³/mol. The van der Waals surface area contributed by atoms with Crippen LogP contribution in [-0.4, -0.2) is 47.8 Å². The number of benzene rings is 1. The fourth-order valence-electron chi connectivity index (χ4n) is 2.52. The van der Waals surface area contributed by atoms with Crippen molar-refractivity contribution in [3.8, 4) is 0 Å². The van der Waals surface area contributed by atoms with E-state index in [-0.39, 0.29) is 0 Å². The van der Waals surface area contributed by atoms with Crippen LogP contribution in [-0.2, 0) is 6.54 Å². The highest BCUT2D eigenvalue weighted by Crippen LogP contribution is 2.11. The maximum absolute atomic E-state index is 3.84. The molecule has 0 aliphatic carbocycles. The average molecular weight is 257 g/mol. The lowest BCUT2D eigenvalue weighted by atomic mass is 10.2. The summed E-state index contributed by atoms with van der Waals surface area (Å²) in [5, 5.41) is 0.